The lowest BCUT2D eigenvalue weighted by Gasteiger charge is -2.32. The van der Waals surface area contributed by atoms with E-state index in [0.29, 0.717) is 24.7 Å². The molecule has 1 atom stereocenters. The van der Waals surface area contributed by atoms with Crippen molar-refractivity contribution in [2.24, 2.45) is 0 Å². The van der Waals surface area contributed by atoms with Crippen molar-refractivity contribution in [1.29, 1.82) is 0 Å². The van der Waals surface area contributed by atoms with Crippen LogP contribution in [0.1, 0.15) is 50.0 Å². The Bertz CT molecular complexity index is 854. The quantitative estimate of drug-likeness (QED) is 0.833. The normalized spacial score (nSPS) is 22.0. The number of hydrogen-bond donors (Lipinski definition) is 0. The highest BCUT2D eigenvalue weighted by atomic mass is 32.2. The fourth-order valence-electron chi connectivity index (χ4n) is 4.05. The largest absolute Gasteiger partial charge is 0.332 e. The van der Waals surface area contributed by atoms with Gasteiger partial charge in [-0.1, -0.05) is 0 Å². The van der Waals surface area contributed by atoms with Crippen LogP contribution in [0, 0.1) is 0 Å². The fraction of sp³-hybridized carbons (Fsp3) is 0.647. The molecule has 1 unspecified atom stereocenters. The Balaban J connectivity index is 1.60. The van der Waals surface area contributed by atoms with Gasteiger partial charge in [-0.05, 0) is 39.0 Å². The summed E-state index contributed by atoms with van der Waals surface area (Å²) in [7, 11) is -3.51. The van der Waals surface area contributed by atoms with Crippen molar-refractivity contribution in [3.05, 3.63) is 30.2 Å². The van der Waals surface area contributed by atoms with Gasteiger partial charge in [0.15, 0.2) is 5.03 Å². The molecular weight excluding hydrogens is 338 g/mol. The van der Waals surface area contributed by atoms with Crippen molar-refractivity contribution in [3.8, 4) is 0 Å². The van der Waals surface area contributed by atoms with Crippen LogP contribution in [0.4, 0.5) is 0 Å². The maximum absolute atomic E-state index is 13.1. The van der Waals surface area contributed by atoms with Gasteiger partial charge in [0.05, 0.1) is 12.5 Å². The molecule has 0 N–H and O–H groups in total. The summed E-state index contributed by atoms with van der Waals surface area (Å²) in [4.78, 5) is 8.68. The molecule has 8 heteroatoms. The first-order valence-electron chi connectivity index (χ1n) is 9.16. The third-order valence-corrected chi connectivity index (χ3v) is 7.28. The Morgan fingerprint density at radius 3 is 2.92 bits per heavy atom. The second-order valence-corrected chi connectivity index (χ2v) is 8.82. The number of hydrogen-bond acceptors (Lipinski definition) is 4. The van der Waals surface area contributed by atoms with Crippen LogP contribution in [0.15, 0.2) is 23.7 Å². The number of nitrogens with zero attached hydrogens (tertiary/aromatic N) is 5. The monoisotopic (exact) mass is 363 g/mol. The second kappa shape index (κ2) is 6.57. The van der Waals surface area contributed by atoms with E-state index in [4.69, 9.17) is 0 Å². The highest BCUT2D eigenvalue weighted by Gasteiger charge is 2.34. The molecule has 1 fully saturated rings. The maximum Gasteiger partial charge on any atom is 0.260 e. The summed E-state index contributed by atoms with van der Waals surface area (Å²) in [6.07, 6.45) is 10.4. The molecule has 0 saturated carbocycles. The zero-order chi connectivity index (χ0) is 17.4. The van der Waals surface area contributed by atoms with Gasteiger partial charge in [-0.2, -0.15) is 4.31 Å². The fourth-order valence-corrected chi connectivity index (χ4v) is 5.73. The second-order valence-electron chi connectivity index (χ2n) is 6.94. The van der Waals surface area contributed by atoms with E-state index in [1.54, 1.807) is 15.2 Å². The molecule has 0 amide bonds. The van der Waals surface area contributed by atoms with Crippen LogP contribution in [0.3, 0.4) is 0 Å². The molecule has 0 aliphatic carbocycles. The molecule has 2 aromatic rings. The number of sulfonamides is 1. The van der Waals surface area contributed by atoms with Gasteiger partial charge in [0.2, 0.25) is 0 Å². The molecule has 4 heterocycles. The summed E-state index contributed by atoms with van der Waals surface area (Å²) in [6.45, 7) is 4.61. The summed E-state index contributed by atoms with van der Waals surface area (Å²) >= 11 is 0. The lowest BCUT2D eigenvalue weighted by atomic mass is 9.98. The van der Waals surface area contributed by atoms with Crippen LogP contribution in [0.5, 0.6) is 0 Å². The summed E-state index contributed by atoms with van der Waals surface area (Å²) in [5.74, 6) is 1.24. The average molecular weight is 363 g/mol. The molecule has 0 radical (unpaired) electrons. The Labute approximate surface area is 148 Å². The number of rotatable bonds is 4. The lowest BCUT2D eigenvalue weighted by molar-refractivity contribution is 0.300. The molecule has 2 aliphatic heterocycles. The van der Waals surface area contributed by atoms with Gasteiger partial charge in [0, 0.05) is 44.0 Å². The van der Waals surface area contributed by atoms with Gasteiger partial charge >= 0.3 is 0 Å². The van der Waals surface area contributed by atoms with Crippen LogP contribution < -0.4 is 0 Å². The van der Waals surface area contributed by atoms with Crippen LogP contribution in [0.25, 0.3) is 0 Å². The number of piperidine rings is 1. The number of fused-ring (bicyclic) bond motifs is 1. The van der Waals surface area contributed by atoms with Crippen LogP contribution >= 0.6 is 0 Å². The average Bonchev–Trinajstić information content (AvgIpc) is 3.29. The van der Waals surface area contributed by atoms with Crippen LogP contribution in [-0.4, -0.2) is 44.9 Å². The molecule has 7 nitrogen and oxygen atoms in total. The van der Waals surface area contributed by atoms with E-state index in [1.165, 1.54) is 24.7 Å². The van der Waals surface area contributed by atoms with Gasteiger partial charge in [0.1, 0.15) is 5.82 Å². The first-order chi connectivity index (χ1) is 12.1. The number of aromatic nitrogens is 4. The smallest absolute Gasteiger partial charge is 0.260 e. The highest BCUT2D eigenvalue weighted by Crippen LogP contribution is 2.31. The van der Waals surface area contributed by atoms with Crippen molar-refractivity contribution >= 4 is 10.0 Å². The minimum absolute atomic E-state index is 0.174. The SMILES string of the molecule is CCn1cncc1S(=O)(=O)N1CCCC(c2ncc3n2CCCC3)C1. The van der Waals surface area contributed by atoms with Gasteiger partial charge in [-0.3, -0.25) is 0 Å². The molecular formula is C17H25N5O2S. The molecule has 0 aromatic carbocycles. The van der Waals surface area contributed by atoms with Crippen molar-refractivity contribution in [2.45, 2.75) is 63.1 Å². The third-order valence-electron chi connectivity index (χ3n) is 5.40. The lowest BCUT2D eigenvalue weighted by Crippen LogP contribution is -2.40. The Kier molecular flexibility index (Phi) is 4.41. The first kappa shape index (κ1) is 16.8. The van der Waals surface area contributed by atoms with Crippen LogP contribution in [-0.2, 0) is 29.5 Å². The number of aryl methyl sites for hydroxylation is 2. The minimum atomic E-state index is -3.51. The molecule has 2 aliphatic rings. The van der Waals surface area contributed by atoms with Gasteiger partial charge in [0.25, 0.3) is 10.0 Å². The predicted octanol–water partition coefficient (Wildman–Crippen LogP) is 2.00. The van der Waals surface area contributed by atoms with E-state index in [2.05, 4.69) is 14.5 Å². The van der Waals surface area contributed by atoms with E-state index in [0.717, 1.165) is 31.6 Å². The van der Waals surface area contributed by atoms with Crippen molar-refractivity contribution in [3.63, 3.8) is 0 Å². The summed E-state index contributed by atoms with van der Waals surface area (Å²) in [5, 5.41) is 0.292. The van der Waals surface area contributed by atoms with Crippen molar-refractivity contribution < 1.29 is 8.42 Å². The van der Waals surface area contributed by atoms with Crippen LogP contribution in [0.2, 0.25) is 0 Å². The molecule has 0 spiro atoms. The predicted molar refractivity (Wildman–Crippen MR) is 93.8 cm³/mol. The summed E-state index contributed by atoms with van der Waals surface area (Å²) in [5.41, 5.74) is 1.30. The summed E-state index contributed by atoms with van der Waals surface area (Å²) in [6, 6.07) is 0. The van der Waals surface area contributed by atoms with E-state index in [9.17, 15) is 8.42 Å². The Morgan fingerprint density at radius 2 is 2.08 bits per heavy atom. The van der Waals surface area contributed by atoms with Crippen molar-refractivity contribution in [2.75, 3.05) is 13.1 Å². The molecule has 4 rings (SSSR count). The van der Waals surface area contributed by atoms with E-state index in [-0.39, 0.29) is 5.92 Å². The first-order valence-corrected chi connectivity index (χ1v) is 10.6. The Hall–Kier alpha value is -1.67. The minimum Gasteiger partial charge on any atom is -0.332 e. The van der Waals surface area contributed by atoms with Crippen molar-refractivity contribution in [1.82, 2.24) is 23.4 Å². The topological polar surface area (TPSA) is 73.0 Å². The molecule has 0 bridgehead atoms. The van der Waals surface area contributed by atoms with Gasteiger partial charge < -0.3 is 9.13 Å². The molecule has 25 heavy (non-hydrogen) atoms. The zero-order valence-corrected chi connectivity index (χ0v) is 15.5. The van der Waals surface area contributed by atoms with E-state index < -0.39 is 10.0 Å². The molecule has 136 valence electrons. The van der Waals surface area contributed by atoms with E-state index >= 15 is 0 Å². The Morgan fingerprint density at radius 1 is 1.20 bits per heavy atom. The molecule has 1 saturated heterocycles. The summed E-state index contributed by atoms with van der Waals surface area (Å²) < 4.78 is 31.8. The van der Waals surface area contributed by atoms with Gasteiger partial charge in [-0.25, -0.2) is 18.4 Å². The van der Waals surface area contributed by atoms with E-state index in [1.807, 2.05) is 13.1 Å². The standard InChI is InChI=1S/C17H25N5O2S/c1-2-20-13-18-11-16(20)25(23,24)21-8-5-6-14(12-21)17-19-10-15-7-3-4-9-22(15)17/h10-11,13-14H,2-9,12H2,1H3. The zero-order valence-electron chi connectivity index (χ0n) is 14.6. The third kappa shape index (κ3) is 2.91. The van der Waals surface area contributed by atoms with Gasteiger partial charge in [-0.15, -0.1) is 0 Å². The molecule has 2 aromatic heterocycles. The number of imidazole rings is 2. The highest BCUT2D eigenvalue weighted by molar-refractivity contribution is 7.89. The maximum atomic E-state index is 13.1.